The summed E-state index contributed by atoms with van der Waals surface area (Å²) in [6, 6.07) is 4.60. The number of aromatic carboxylic acids is 1. The molecule has 0 fully saturated rings. The number of nitrogen functional groups attached to an aromatic ring is 1. The second kappa shape index (κ2) is 3.15. The largest absolute Gasteiger partial charge is 0.478 e. The number of carbonyl (C=O) groups is 1. The smallest absolute Gasteiger partial charge is 0.335 e. The number of carboxylic acids is 1. The van der Waals surface area contributed by atoms with Crippen molar-refractivity contribution in [2.24, 2.45) is 0 Å². The number of nitrogens with two attached hydrogens (primary N) is 1. The van der Waals surface area contributed by atoms with Crippen molar-refractivity contribution >= 4 is 11.7 Å². The van der Waals surface area contributed by atoms with E-state index >= 15 is 0 Å². The lowest BCUT2D eigenvalue weighted by Crippen LogP contribution is -2.02. The standard InChI is InChI=1S/C9H8N2O2/c1-5-2-8(11)6(4-10)3-7(5)9(12)13/h2-3H,11H2,1H3,(H,12,13). The molecule has 4 nitrogen and oxygen atoms in total. The van der Waals surface area contributed by atoms with Gasteiger partial charge in [-0.2, -0.15) is 5.26 Å². The highest BCUT2D eigenvalue weighted by atomic mass is 16.4. The third-order valence-corrected chi connectivity index (χ3v) is 1.75. The third kappa shape index (κ3) is 1.59. The van der Waals surface area contributed by atoms with Gasteiger partial charge in [-0.3, -0.25) is 0 Å². The summed E-state index contributed by atoms with van der Waals surface area (Å²) in [6.45, 7) is 1.64. The number of aryl methyl sites for hydroxylation is 1. The molecule has 3 N–H and O–H groups in total. The fourth-order valence-corrected chi connectivity index (χ4v) is 1.06. The van der Waals surface area contributed by atoms with Crippen molar-refractivity contribution in [3.05, 3.63) is 28.8 Å². The van der Waals surface area contributed by atoms with Crippen LogP contribution in [0.5, 0.6) is 0 Å². The number of hydrogen-bond donors (Lipinski definition) is 2. The average molecular weight is 176 g/mol. The Labute approximate surface area is 75.2 Å². The molecular weight excluding hydrogens is 168 g/mol. The lowest BCUT2D eigenvalue weighted by atomic mass is 10.0. The Morgan fingerprint density at radius 1 is 1.62 bits per heavy atom. The van der Waals surface area contributed by atoms with Crippen molar-refractivity contribution in [2.75, 3.05) is 5.73 Å². The lowest BCUT2D eigenvalue weighted by Gasteiger charge is -2.03. The molecule has 0 atom stereocenters. The summed E-state index contributed by atoms with van der Waals surface area (Å²) < 4.78 is 0. The first kappa shape index (κ1) is 9.07. The summed E-state index contributed by atoms with van der Waals surface area (Å²) in [5, 5.41) is 17.3. The van der Waals surface area contributed by atoms with E-state index in [9.17, 15) is 4.79 Å². The molecule has 0 unspecified atom stereocenters. The molecule has 0 spiro atoms. The Morgan fingerprint density at radius 3 is 2.69 bits per heavy atom. The van der Waals surface area contributed by atoms with Gasteiger partial charge in [0.2, 0.25) is 0 Å². The monoisotopic (exact) mass is 176 g/mol. The first-order valence-corrected chi connectivity index (χ1v) is 3.59. The van der Waals surface area contributed by atoms with Gasteiger partial charge in [-0.25, -0.2) is 4.79 Å². The highest BCUT2D eigenvalue weighted by Crippen LogP contribution is 2.17. The zero-order chi connectivity index (χ0) is 10.0. The van der Waals surface area contributed by atoms with Crippen LogP contribution in [0.4, 0.5) is 5.69 Å². The lowest BCUT2D eigenvalue weighted by molar-refractivity contribution is 0.0696. The van der Waals surface area contributed by atoms with E-state index in [1.165, 1.54) is 12.1 Å². The van der Waals surface area contributed by atoms with Crippen LogP contribution in [-0.2, 0) is 0 Å². The predicted octanol–water partition coefficient (Wildman–Crippen LogP) is 1.15. The molecule has 0 heterocycles. The number of hydrogen-bond acceptors (Lipinski definition) is 3. The number of nitriles is 1. The van der Waals surface area contributed by atoms with Crippen molar-refractivity contribution in [1.82, 2.24) is 0 Å². The van der Waals surface area contributed by atoms with Gasteiger partial charge in [0.1, 0.15) is 6.07 Å². The zero-order valence-corrected chi connectivity index (χ0v) is 7.03. The van der Waals surface area contributed by atoms with E-state index in [4.69, 9.17) is 16.1 Å². The van der Waals surface area contributed by atoms with Crippen LogP contribution in [0, 0.1) is 18.3 Å². The SMILES string of the molecule is Cc1cc(N)c(C#N)cc1C(=O)O. The molecular formula is C9H8N2O2. The molecule has 0 amide bonds. The summed E-state index contributed by atoms with van der Waals surface area (Å²) in [6.07, 6.45) is 0. The maximum atomic E-state index is 10.7. The molecule has 0 bridgehead atoms. The summed E-state index contributed by atoms with van der Waals surface area (Å²) >= 11 is 0. The molecule has 4 heteroatoms. The summed E-state index contributed by atoms with van der Waals surface area (Å²) in [5.74, 6) is -1.05. The Morgan fingerprint density at radius 2 is 2.23 bits per heavy atom. The van der Waals surface area contributed by atoms with Gasteiger partial charge in [0.05, 0.1) is 11.1 Å². The maximum absolute atomic E-state index is 10.7. The van der Waals surface area contributed by atoms with E-state index in [0.29, 0.717) is 11.3 Å². The van der Waals surface area contributed by atoms with Crippen LogP contribution in [0.3, 0.4) is 0 Å². The van der Waals surface area contributed by atoms with Crippen LogP contribution in [0.1, 0.15) is 21.5 Å². The molecule has 0 aliphatic heterocycles. The molecule has 13 heavy (non-hydrogen) atoms. The molecule has 0 aromatic heterocycles. The van der Waals surface area contributed by atoms with Crippen LogP contribution < -0.4 is 5.73 Å². The fraction of sp³-hybridized carbons (Fsp3) is 0.111. The van der Waals surface area contributed by atoms with Crippen LogP contribution in [0.15, 0.2) is 12.1 Å². The van der Waals surface area contributed by atoms with Gasteiger partial charge in [0.15, 0.2) is 0 Å². The van der Waals surface area contributed by atoms with E-state index in [-0.39, 0.29) is 11.1 Å². The van der Waals surface area contributed by atoms with E-state index in [1.54, 1.807) is 6.92 Å². The number of rotatable bonds is 1. The predicted molar refractivity (Wildman–Crippen MR) is 47.3 cm³/mol. The second-order valence-corrected chi connectivity index (χ2v) is 2.67. The molecule has 0 saturated heterocycles. The summed E-state index contributed by atoms with van der Waals surface area (Å²) in [4.78, 5) is 10.7. The highest BCUT2D eigenvalue weighted by molar-refractivity contribution is 5.90. The average Bonchev–Trinajstić information content (AvgIpc) is 2.03. The molecule has 1 aromatic carbocycles. The highest BCUT2D eigenvalue weighted by Gasteiger charge is 2.10. The molecule has 66 valence electrons. The normalized spacial score (nSPS) is 9.23. The van der Waals surface area contributed by atoms with Gasteiger partial charge in [0, 0.05) is 5.69 Å². The third-order valence-electron chi connectivity index (χ3n) is 1.75. The van der Waals surface area contributed by atoms with Crippen molar-refractivity contribution in [3.8, 4) is 6.07 Å². The minimum absolute atomic E-state index is 0.116. The molecule has 0 radical (unpaired) electrons. The zero-order valence-electron chi connectivity index (χ0n) is 7.03. The Kier molecular flexibility index (Phi) is 2.20. The van der Waals surface area contributed by atoms with Crippen molar-refractivity contribution in [1.29, 1.82) is 5.26 Å². The van der Waals surface area contributed by atoms with E-state index in [1.807, 2.05) is 6.07 Å². The maximum Gasteiger partial charge on any atom is 0.335 e. The first-order valence-electron chi connectivity index (χ1n) is 3.59. The molecule has 0 saturated carbocycles. The topological polar surface area (TPSA) is 87.1 Å². The van der Waals surface area contributed by atoms with Crippen molar-refractivity contribution < 1.29 is 9.90 Å². The summed E-state index contributed by atoms with van der Waals surface area (Å²) in [5.41, 5.74) is 6.67. The fourth-order valence-electron chi connectivity index (χ4n) is 1.06. The minimum Gasteiger partial charge on any atom is -0.478 e. The van der Waals surface area contributed by atoms with E-state index < -0.39 is 5.97 Å². The minimum atomic E-state index is -1.05. The molecule has 1 aromatic rings. The van der Waals surface area contributed by atoms with Crippen LogP contribution >= 0.6 is 0 Å². The summed E-state index contributed by atoms with van der Waals surface area (Å²) in [7, 11) is 0. The Hall–Kier alpha value is -2.02. The van der Waals surface area contributed by atoms with Crippen LogP contribution in [-0.4, -0.2) is 11.1 Å². The number of benzene rings is 1. The Bertz CT molecular complexity index is 405. The molecule has 0 aliphatic rings. The van der Waals surface area contributed by atoms with Crippen LogP contribution in [0.2, 0.25) is 0 Å². The molecule has 1 rings (SSSR count). The molecule has 0 aliphatic carbocycles. The van der Waals surface area contributed by atoms with Gasteiger partial charge in [-0.15, -0.1) is 0 Å². The van der Waals surface area contributed by atoms with E-state index in [0.717, 1.165) is 0 Å². The quantitative estimate of drug-likeness (QED) is 0.628. The van der Waals surface area contributed by atoms with Crippen molar-refractivity contribution in [2.45, 2.75) is 6.92 Å². The van der Waals surface area contributed by atoms with Gasteiger partial charge < -0.3 is 10.8 Å². The van der Waals surface area contributed by atoms with Crippen molar-refractivity contribution in [3.63, 3.8) is 0 Å². The van der Waals surface area contributed by atoms with Crippen LogP contribution in [0.25, 0.3) is 0 Å². The number of anilines is 1. The first-order chi connectivity index (χ1) is 6.06. The number of carboxylic acid groups (broad SMARTS) is 1. The Balaban J connectivity index is 3.41. The van der Waals surface area contributed by atoms with Gasteiger partial charge in [-0.05, 0) is 24.6 Å². The van der Waals surface area contributed by atoms with Gasteiger partial charge >= 0.3 is 5.97 Å². The van der Waals surface area contributed by atoms with Gasteiger partial charge in [0.25, 0.3) is 0 Å². The second-order valence-electron chi connectivity index (χ2n) is 2.67. The van der Waals surface area contributed by atoms with E-state index in [2.05, 4.69) is 0 Å². The number of nitrogens with zero attached hydrogens (tertiary/aromatic N) is 1. The van der Waals surface area contributed by atoms with Gasteiger partial charge in [-0.1, -0.05) is 0 Å².